The smallest absolute Gasteiger partial charge is 0.361 e. The van der Waals surface area contributed by atoms with Crippen LogP contribution in [0.1, 0.15) is 36.7 Å². The van der Waals surface area contributed by atoms with Crippen molar-refractivity contribution < 1.29 is 9.53 Å². The largest absolute Gasteiger partial charge is 0.461 e. The zero-order chi connectivity index (χ0) is 14.7. The number of nitrogens with one attached hydrogen (secondary N) is 1. The monoisotopic (exact) mass is 285 g/mol. The molecule has 1 aliphatic carbocycles. The molecule has 1 aromatic heterocycles. The fraction of sp³-hybridized carbons (Fsp3) is 0.438. The van der Waals surface area contributed by atoms with Crippen LogP contribution in [0.5, 0.6) is 0 Å². The predicted molar refractivity (Wildman–Crippen MR) is 81.3 cm³/mol. The molecular formula is C16H19N3O2. The highest BCUT2D eigenvalue weighted by molar-refractivity contribution is 6.03. The van der Waals surface area contributed by atoms with E-state index in [-0.39, 0.29) is 5.69 Å². The van der Waals surface area contributed by atoms with E-state index in [1.807, 2.05) is 24.3 Å². The van der Waals surface area contributed by atoms with Crippen molar-refractivity contribution in [3.63, 3.8) is 0 Å². The van der Waals surface area contributed by atoms with Crippen molar-refractivity contribution in [1.29, 1.82) is 0 Å². The van der Waals surface area contributed by atoms with E-state index in [0.717, 1.165) is 23.1 Å². The molecule has 1 saturated carbocycles. The summed E-state index contributed by atoms with van der Waals surface area (Å²) in [5.41, 5.74) is 1.79. The number of hydrogen-bond donors (Lipinski definition) is 1. The minimum atomic E-state index is -0.424. The first-order valence-electron chi connectivity index (χ1n) is 7.46. The van der Waals surface area contributed by atoms with Gasteiger partial charge in [-0.3, -0.25) is 0 Å². The summed E-state index contributed by atoms with van der Waals surface area (Å²) in [6.07, 6.45) is 3.79. The summed E-state index contributed by atoms with van der Waals surface area (Å²) < 4.78 is 5.08. The number of ether oxygens (including phenoxy) is 1. The Labute approximate surface area is 123 Å². The standard InChI is InChI=1S/C16H19N3O2/c1-2-21-16(20)15-14(17-10-11-6-5-7-11)12-8-3-4-9-13(12)18-19-15/h3-4,8-9,11H,2,5-7,10H2,1H3,(H,17,18). The van der Waals surface area contributed by atoms with Crippen molar-refractivity contribution in [3.05, 3.63) is 30.0 Å². The van der Waals surface area contributed by atoms with Gasteiger partial charge in [-0.15, -0.1) is 10.2 Å². The summed E-state index contributed by atoms with van der Waals surface area (Å²) in [5, 5.41) is 12.5. The number of carbonyl (C=O) groups excluding carboxylic acids is 1. The first kappa shape index (κ1) is 13.8. The van der Waals surface area contributed by atoms with Gasteiger partial charge in [0.15, 0.2) is 5.69 Å². The minimum Gasteiger partial charge on any atom is -0.461 e. The van der Waals surface area contributed by atoms with Crippen LogP contribution in [0.25, 0.3) is 10.9 Å². The summed E-state index contributed by atoms with van der Waals surface area (Å²) in [4.78, 5) is 12.1. The number of esters is 1. The lowest BCUT2D eigenvalue weighted by Gasteiger charge is -2.26. The quantitative estimate of drug-likeness (QED) is 0.855. The second-order valence-electron chi connectivity index (χ2n) is 5.34. The number of anilines is 1. The molecule has 0 bridgehead atoms. The van der Waals surface area contributed by atoms with Gasteiger partial charge in [0, 0.05) is 11.9 Å². The number of nitrogens with zero attached hydrogens (tertiary/aromatic N) is 2. The third kappa shape index (κ3) is 2.82. The zero-order valence-corrected chi connectivity index (χ0v) is 12.1. The predicted octanol–water partition coefficient (Wildman–Crippen LogP) is 3.02. The minimum absolute atomic E-state index is 0.273. The van der Waals surface area contributed by atoms with Crippen LogP contribution >= 0.6 is 0 Å². The summed E-state index contributed by atoms with van der Waals surface area (Å²) in [7, 11) is 0. The van der Waals surface area contributed by atoms with Gasteiger partial charge in [0.2, 0.25) is 0 Å². The van der Waals surface area contributed by atoms with Gasteiger partial charge in [-0.05, 0) is 31.7 Å². The highest BCUT2D eigenvalue weighted by Crippen LogP contribution is 2.29. The molecule has 0 aliphatic heterocycles. The molecule has 21 heavy (non-hydrogen) atoms. The maximum Gasteiger partial charge on any atom is 0.361 e. The van der Waals surface area contributed by atoms with Crippen molar-refractivity contribution in [2.75, 3.05) is 18.5 Å². The molecule has 3 rings (SSSR count). The van der Waals surface area contributed by atoms with Crippen LogP contribution in [0, 0.1) is 5.92 Å². The molecule has 1 heterocycles. The summed E-state index contributed by atoms with van der Waals surface area (Å²) in [5.74, 6) is 0.263. The van der Waals surface area contributed by atoms with Crippen molar-refractivity contribution >= 4 is 22.6 Å². The van der Waals surface area contributed by atoms with E-state index >= 15 is 0 Å². The second-order valence-corrected chi connectivity index (χ2v) is 5.34. The van der Waals surface area contributed by atoms with Gasteiger partial charge in [0.05, 0.1) is 17.8 Å². The number of hydrogen-bond acceptors (Lipinski definition) is 5. The van der Waals surface area contributed by atoms with Crippen LogP contribution < -0.4 is 5.32 Å². The SMILES string of the molecule is CCOC(=O)c1nnc2ccccc2c1NCC1CCC1. The fourth-order valence-electron chi connectivity index (χ4n) is 2.52. The van der Waals surface area contributed by atoms with Crippen LogP contribution in [0.4, 0.5) is 5.69 Å². The Bertz CT molecular complexity index is 653. The Balaban J connectivity index is 1.97. The Morgan fingerprint density at radius 1 is 1.33 bits per heavy atom. The molecule has 0 atom stereocenters. The van der Waals surface area contributed by atoms with Gasteiger partial charge in [-0.1, -0.05) is 24.6 Å². The molecular weight excluding hydrogens is 266 g/mol. The zero-order valence-electron chi connectivity index (χ0n) is 12.1. The maximum absolute atomic E-state index is 12.1. The first-order chi connectivity index (χ1) is 10.3. The fourth-order valence-corrected chi connectivity index (χ4v) is 2.52. The summed E-state index contributed by atoms with van der Waals surface area (Å²) in [6.45, 7) is 2.98. The summed E-state index contributed by atoms with van der Waals surface area (Å²) >= 11 is 0. The number of fused-ring (bicyclic) bond motifs is 1. The van der Waals surface area contributed by atoms with Crippen LogP contribution in [-0.4, -0.2) is 29.3 Å². The Morgan fingerprint density at radius 3 is 2.86 bits per heavy atom. The number of carbonyl (C=O) groups is 1. The molecule has 1 N–H and O–H groups in total. The maximum atomic E-state index is 12.1. The Morgan fingerprint density at radius 2 is 2.14 bits per heavy atom. The third-order valence-electron chi connectivity index (χ3n) is 3.93. The normalized spacial score (nSPS) is 14.7. The topological polar surface area (TPSA) is 64.1 Å². The Kier molecular flexibility index (Phi) is 3.99. The molecule has 0 amide bonds. The van der Waals surface area contributed by atoms with Crippen molar-refractivity contribution in [2.24, 2.45) is 5.92 Å². The lowest BCUT2D eigenvalue weighted by atomic mass is 9.85. The molecule has 110 valence electrons. The van der Waals surface area contributed by atoms with Gasteiger partial charge < -0.3 is 10.1 Å². The van der Waals surface area contributed by atoms with Crippen LogP contribution in [0.15, 0.2) is 24.3 Å². The van der Waals surface area contributed by atoms with Gasteiger partial charge in [-0.25, -0.2) is 4.79 Å². The molecule has 1 fully saturated rings. The number of aromatic nitrogens is 2. The highest BCUT2D eigenvalue weighted by atomic mass is 16.5. The van der Waals surface area contributed by atoms with E-state index in [9.17, 15) is 4.79 Å². The van der Waals surface area contributed by atoms with Crippen LogP contribution in [-0.2, 0) is 4.74 Å². The number of rotatable bonds is 5. The van der Waals surface area contributed by atoms with Gasteiger partial charge in [0.1, 0.15) is 0 Å². The van der Waals surface area contributed by atoms with Gasteiger partial charge in [-0.2, -0.15) is 0 Å². The van der Waals surface area contributed by atoms with Gasteiger partial charge in [0.25, 0.3) is 0 Å². The molecule has 0 spiro atoms. The van der Waals surface area contributed by atoms with Crippen molar-refractivity contribution in [1.82, 2.24) is 10.2 Å². The van der Waals surface area contributed by atoms with E-state index < -0.39 is 5.97 Å². The van der Waals surface area contributed by atoms with Crippen molar-refractivity contribution in [3.8, 4) is 0 Å². The molecule has 0 saturated heterocycles. The molecule has 0 radical (unpaired) electrons. The third-order valence-corrected chi connectivity index (χ3v) is 3.93. The molecule has 1 aromatic carbocycles. The lowest BCUT2D eigenvalue weighted by molar-refractivity contribution is 0.0519. The molecule has 5 nitrogen and oxygen atoms in total. The molecule has 2 aromatic rings. The Hall–Kier alpha value is -2.17. The number of benzene rings is 1. The van der Waals surface area contributed by atoms with Crippen LogP contribution in [0.2, 0.25) is 0 Å². The van der Waals surface area contributed by atoms with E-state index in [0.29, 0.717) is 12.5 Å². The molecule has 5 heteroatoms. The second kappa shape index (κ2) is 6.08. The molecule has 1 aliphatic rings. The molecule has 0 unspecified atom stereocenters. The highest BCUT2D eigenvalue weighted by Gasteiger charge is 2.21. The van der Waals surface area contributed by atoms with E-state index in [1.165, 1.54) is 19.3 Å². The van der Waals surface area contributed by atoms with E-state index in [1.54, 1.807) is 6.92 Å². The van der Waals surface area contributed by atoms with Crippen molar-refractivity contribution in [2.45, 2.75) is 26.2 Å². The summed E-state index contributed by atoms with van der Waals surface area (Å²) in [6, 6.07) is 7.70. The first-order valence-corrected chi connectivity index (χ1v) is 7.46. The van der Waals surface area contributed by atoms with E-state index in [2.05, 4.69) is 15.5 Å². The van der Waals surface area contributed by atoms with Crippen LogP contribution in [0.3, 0.4) is 0 Å². The average molecular weight is 285 g/mol. The van der Waals surface area contributed by atoms with Gasteiger partial charge >= 0.3 is 5.97 Å². The average Bonchev–Trinajstić information content (AvgIpc) is 2.45. The lowest BCUT2D eigenvalue weighted by Crippen LogP contribution is -2.23. The van der Waals surface area contributed by atoms with E-state index in [4.69, 9.17) is 4.74 Å².